The van der Waals surface area contributed by atoms with Gasteiger partial charge >= 0.3 is 23.9 Å². The number of ether oxygens (including phenoxy) is 1. The maximum atomic E-state index is 13.7. The summed E-state index contributed by atoms with van der Waals surface area (Å²) in [6, 6.07) is 7.26. The first-order valence-corrected chi connectivity index (χ1v) is 19.4. The van der Waals surface area contributed by atoms with Crippen LogP contribution in [0, 0.1) is 0 Å². The van der Waals surface area contributed by atoms with E-state index in [0.29, 0.717) is 0 Å². The Bertz CT molecular complexity index is 2250. The molecule has 50 heavy (non-hydrogen) atoms. The number of carbonyl (C=O) groups excluding carboxylic acids is 1. The van der Waals surface area contributed by atoms with Crippen molar-refractivity contribution in [1.29, 1.82) is 0 Å². The number of hydrogen-bond donors (Lipinski definition) is 6. The molecule has 0 aliphatic rings. The van der Waals surface area contributed by atoms with Crippen molar-refractivity contribution in [3.63, 3.8) is 0 Å². The van der Waals surface area contributed by atoms with Gasteiger partial charge in [-0.25, -0.2) is 39.4 Å². The number of hydrogen-bond acceptors (Lipinski definition) is 11. The van der Waals surface area contributed by atoms with E-state index in [1.165, 1.54) is 24.3 Å². The summed E-state index contributed by atoms with van der Waals surface area (Å²) in [5.74, 6) is -4.56. The Morgan fingerprint density at radius 1 is 0.560 bits per heavy atom. The van der Waals surface area contributed by atoms with Gasteiger partial charge in [0.15, 0.2) is 0 Å². The molecule has 4 rings (SSSR count). The second-order valence-corrected chi connectivity index (χ2v) is 16.3. The summed E-state index contributed by atoms with van der Waals surface area (Å²) in [5.41, 5.74) is 0. The van der Waals surface area contributed by atoms with Crippen LogP contribution in [0.2, 0.25) is 0 Å². The van der Waals surface area contributed by atoms with Crippen LogP contribution in [0.25, 0.3) is 32.3 Å². The summed E-state index contributed by atoms with van der Waals surface area (Å²) >= 11 is 0. The summed E-state index contributed by atoms with van der Waals surface area (Å²) in [6.07, 6.45) is -1.30. The molecule has 0 bridgehead atoms. The lowest BCUT2D eigenvalue weighted by atomic mass is 9.93. The quantitative estimate of drug-likeness (QED) is 0.0345. The van der Waals surface area contributed by atoms with E-state index in [1.54, 1.807) is 0 Å². The Morgan fingerprint density at radius 3 is 1.22 bits per heavy atom. The van der Waals surface area contributed by atoms with Crippen LogP contribution in [0.15, 0.2) is 51.1 Å². The Labute approximate surface area is 286 Å². The van der Waals surface area contributed by atoms with Crippen LogP contribution in [-0.2, 0) is 49.2 Å². The van der Waals surface area contributed by atoms with Crippen LogP contribution in [0.5, 0.6) is 5.75 Å². The average Bonchev–Trinajstić information content (AvgIpc) is 3.01. The molecule has 17 nitrogen and oxygen atoms in total. The first-order chi connectivity index (χ1) is 23.4. The molecule has 0 saturated heterocycles. The second-order valence-electron chi connectivity index (χ2n) is 11.1. The van der Waals surface area contributed by atoms with Gasteiger partial charge in [-0.05, 0) is 31.4 Å². The number of benzene rings is 4. The zero-order chi connectivity index (χ0) is 37.0. The summed E-state index contributed by atoms with van der Waals surface area (Å²) in [5, 5.41) is 26.9. The molecule has 0 aliphatic heterocycles. The van der Waals surface area contributed by atoms with Gasteiger partial charge < -0.3 is 20.1 Å². The lowest BCUT2D eigenvalue weighted by Crippen LogP contribution is -2.28. The van der Waals surface area contributed by atoms with E-state index in [0.717, 1.165) is 19.1 Å². The van der Waals surface area contributed by atoms with E-state index >= 15 is 0 Å². The molecule has 0 spiro atoms. The number of carboxylic acid groups (broad SMARTS) is 3. The molecule has 0 aromatic heterocycles. The summed E-state index contributed by atoms with van der Waals surface area (Å²) in [7, 11) is -13.6. The first-order valence-electron chi connectivity index (χ1n) is 15.0. The topological polar surface area (TPSA) is 277 Å². The van der Waals surface area contributed by atoms with Crippen molar-refractivity contribution in [3.8, 4) is 5.75 Å². The Kier molecular flexibility index (Phi) is 11.6. The summed E-state index contributed by atoms with van der Waals surface area (Å²) in [6.45, 7) is 0.153. The molecule has 0 aliphatic carbocycles. The summed E-state index contributed by atoms with van der Waals surface area (Å²) in [4.78, 5) is 43.5. The lowest BCUT2D eigenvalue weighted by Gasteiger charge is -2.20. The second kappa shape index (κ2) is 15.2. The van der Waals surface area contributed by atoms with E-state index in [2.05, 4.69) is 14.2 Å². The van der Waals surface area contributed by atoms with E-state index in [4.69, 9.17) is 20.1 Å². The molecule has 0 unspecified atom stereocenters. The van der Waals surface area contributed by atoms with Crippen molar-refractivity contribution in [3.05, 3.63) is 36.4 Å². The van der Waals surface area contributed by atoms with Crippen molar-refractivity contribution in [1.82, 2.24) is 14.2 Å². The average molecular weight is 756 g/mol. The van der Waals surface area contributed by atoms with Crippen LogP contribution < -0.4 is 18.9 Å². The van der Waals surface area contributed by atoms with Gasteiger partial charge in [0.05, 0.1) is 14.7 Å². The van der Waals surface area contributed by atoms with Gasteiger partial charge in [0.25, 0.3) is 0 Å². The molecular weight excluding hydrogens is 723 g/mol. The number of carbonyl (C=O) groups is 4. The van der Waals surface area contributed by atoms with Crippen LogP contribution in [0.1, 0.15) is 45.4 Å². The van der Waals surface area contributed by atoms with Crippen molar-refractivity contribution in [2.24, 2.45) is 0 Å². The zero-order valence-electron chi connectivity index (χ0n) is 26.4. The van der Waals surface area contributed by atoms with Gasteiger partial charge in [0.1, 0.15) is 5.75 Å². The Balaban J connectivity index is 2.05. The molecule has 0 radical (unpaired) electrons. The van der Waals surface area contributed by atoms with Crippen LogP contribution in [0.4, 0.5) is 0 Å². The number of carboxylic acids is 3. The molecule has 0 heterocycles. The minimum absolute atomic E-state index is 0.0125. The van der Waals surface area contributed by atoms with Crippen LogP contribution in [0.3, 0.4) is 0 Å². The van der Waals surface area contributed by atoms with Gasteiger partial charge in [-0.3, -0.25) is 19.2 Å². The van der Waals surface area contributed by atoms with Gasteiger partial charge in [0.2, 0.25) is 30.1 Å². The highest BCUT2D eigenvalue weighted by atomic mass is 32.2. The van der Waals surface area contributed by atoms with Crippen LogP contribution in [-0.4, -0.2) is 84.1 Å². The number of aliphatic carboxylic acids is 3. The molecule has 20 heteroatoms. The predicted molar refractivity (Wildman–Crippen MR) is 178 cm³/mol. The number of nitrogens with one attached hydrogen (secondary N) is 3. The van der Waals surface area contributed by atoms with E-state index in [-0.39, 0.29) is 96.2 Å². The zero-order valence-corrected chi connectivity index (χ0v) is 28.8. The fourth-order valence-electron chi connectivity index (χ4n) is 5.34. The van der Waals surface area contributed by atoms with Crippen molar-refractivity contribution in [2.75, 3.05) is 19.6 Å². The van der Waals surface area contributed by atoms with Gasteiger partial charge in [-0.2, -0.15) is 0 Å². The molecule has 0 amide bonds. The Morgan fingerprint density at radius 2 is 0.880 bits per heavy atom. The largest absolute Gasteiger partial charge is 0.481 e. The molecule has 4 aromatic rings. The third-order valence-electron chi connectivity index (χ3n) is 7.45. The minimum Gasteiger partial charge on any atom is -0.481 e. The molecule has 4 aromatic carbocycles. The minimum atomic E-state index is -4.57. The monoisotopic (exact) mass is 755 g/mol. The highest BCUT2D eigenvalue weighted by molar-refractivity contribution is 7.90. The van der Waals surface area contributed by atoms with Crippen molar-refractivity contribution >= 4 is 86.3 Å². The molecule has 0 saturated carbocycles. The van der Waals surface area contributed by atoms with Gasteiger partial charge in [-0.1, -0.05) is 18.2 Å². The standard InChI is InChI=1S/C30H33N3O14S3/c1-17(34)47-22-15-23(48(41,42)31-12-2-5-26(35)36)19-10-11-21-25(50(45,46)33-14-4-7-28(39)40)16-24(20-9-8-18(22)29(19)30(20)21)49(43,44)32-13-3-6-27(37)38/h8-11,15-16,31-33H,2-7,12-14H2,1H3,(H,35,36)(H,37,38)(H,39,40). The fourth-order valence-corrected chi connectivity index (χ4v) is 9.31. The van der Waals surface area contributed by atoms with Crippen molar-refractivity contribution in [2.45, 2.75) is 60.1 Å². The SMILES string of the molecule is CC(=O)Oc1cc(S(=O)(=O)NCCCC(=O)O)c2ccc3c(S(=O)(=O)NCCCC(=O)O)cc(S(=O)(=O)NCCCC(=O)O)c4ccc1c2c43. The maximum absolute atomic E-state index is 13.7. The molecular formula is C30H33N3O14S3. The highest BCUT2D eigenvalue weighted by Gasteiger charge is 2.30. The lowest BCUT2D eigenvalue weighted by molar-refractivity contribution is -0.138. The van der Waals surface area contributed by atoms with Gasteiger partial charge in [-0.15, -0.1) is 0 Å². The maximum Gasteiger partial charge on any atom is 0.308 e. The van der Waals surface area contributed by atoms with Gasteiger partial charge in [0, 0.05) is 84.2 Å². The highest BCUT2D eigenvalue weighted by Crippen LogP contribution is 2.45. The smallest absolute Gasteiger partial charge is 0.308 e. The number of sulfonamides is 3. The Hall–Kier alpha value is -4.47. The number of rotatable bonds is 19. The summed E-state index contributed by atoms with van der Waals surface area (Å²) < 4.78 is 94.3. The normalized spacial score (nSPS) is 12.5. The van der Waals surface area contributed by atoms with Crippen molar-refractivity contribution < 1.29 is 64.5 Å². The molecule has 0 atom stereocenters. The van der Waals surface area contributed by atoms with E-state index in [1.807, 2.05) is 0 Å². The fraction of sp³-hybridized carbons (Fsp3) is 0.333. The van der Waals surface area contributed by atoms with E-state index < -0.39 is 68.6 Å². The van der Waals surface area contributed by atoms with E-state index in [9.17, 15) is 44.4 Å². The third-order valence-corrected chi connectivity index (χ3v) is 12.0. The van der Waals surface area contributed by atoms with Crippen LogP contribution >= 0.6 is 0 Å². The molecule has 6 N–H and O–H groups in total. The molecule has 0 fully saturated rings. The third kappa shape index (κ3) is 8.63. The first kappa shape index (κ1) is 38.3. The predicted octanol–water partition coefficient (Wildman–Crippen LogP) is 1.94. The number of esters is 1. The molecule has 270 valence electrons.